The van der Waals surface area contributed by atoms with Crippen molar-refractivity contribution in [2.45, 2.75) is 69.5 Å². The van der Waals surface area contributed by atoms with Gasteiger partial charge >= 0.3 is 12.1 Å². The van der Waals surface area contributed by atoms with Crippen molar-refractivity contribution in [2.24, 2.45) is 0 Å². The van der Waals surface area contributed by atoms with E-state index in [1.54, 1.807) is 37.3 Å². The molecule has 2 aliphatic carbocycles. The molecule has 4 amide bonds. The van der Waals surface area contributed by atoms with Crippen LogP contribution in [0.2, 0.25) is 0 Å². The van der Waals surface area contributed by atoms with Crippen LogP contribution in [0.4, 0.5) is 4.79 Å². The smallest absolute Gasteiger partial charge is 0.481 e. The SMILES string of the molecule is CCOC(=O)ON1CCN(C(=O)[C@H](CCC(=O)O)NC(=O)c2cc(OCC(=O)NC3(C(=O)NC4CC4)CCC3)n(-c3ccccc3)n2)CC1. The van der Waals surface area contributed by atoms with Gasteiger partial charge in [-0.3, -0.25) is 24.0 Å². The van der Waals surface area contributed by atoms with E-state index in [1.807, 2.05) is 0 Å². The van der Waals surface area contributed by atoms with Crippen LogP contribution in [0.25, 0.3) is 5.69 Å². The maximum absolute atomic E-state index is 13.5. The first-order chi connectivity index (χ1) is 23.6. The molecule has 1 aromatic heterocycles. The van der Waals surface area contributed by atoms with Crippen molar-refractivity contribution in [1.29, 1.82) is 0 Å². The van der Waals surface area contributed by atoms with Gasteiger partial charge in [-0.05, 0) is 57.6 Å². The lowest BCUT2D eigenvalue weighted by molar-refractivity contribution is -0.157. The second-order valence-electron chi connectivity index (χ2n) is 12.1. The number of benzene rings is 1. The number of carboxylic acids is 1. The third kappa shape index (κ3) is 9.25. The zero-order valence-corrected chi connectivity index (χ0v) is 27.2. The molecule has 3 aliphatic rings. The minimum Gasteiger partial charge on any atom is -0.481 e. The molecule has 5 rings (SSSR count). The first-order valence-electron chi connectivity index (χ1n) is 16.4. The second kappa shape index (κ2) is 15.8. The minimum absolute atomic E-state index is 0.0581. The summed E-state index contributed by atoms with van der Waals surface area (Å²) in [7, 11) is 0. The van der Waals surface area contributed by atoms with Crippen molar-refractivity contribution in [3.8, 4) is 11.6 Å². The third-order valence-corrected chi connectivity index (χ3v) is 8.46. The molecule has 2 heterocycles. The molecule has 264 valence electrons. The molecular formula is C32H41N7O10. The van der Waals surface area contributed by atoms with E-state index in [1.165, 1.54) is 20.7 Å². The van der Waals surface area contributed by atoms with Crippen LogP contribution < -0.4 is 20.7 Å². The van der Waals surface area contributed by atoms with Crippen molar-refractivity contribution in [3.63, 3.8) is 0 Å². The highest BCUT2D eigenvalue weighted by Gasteiger charge is 2.46. The lowest BCUT2D eigenvalue weighted by Gasteiger charge is -2.40. The Morgan fingerprint density at radius 1 is 1.04 bits per heavy atom. The summed E-state index contributed by atoms with van der Waals surface area (Å²) in [4.78, 5) is 82.3. The quantitative estimate of drug-likeness (QED) is 0.192. The molecule has 3 fully saturated rings. The van der Waals surface area contributed by atoms with Gasteiger partial charge in [0.15, 0.2) is 12.3 Å². The molecule has 0 radical (unpaired) electrons. The van der Waals surface area contributed by atoms with Gasteiger partial charge in [-0.2, -0.15) is 5.10 Å². The third-order valence-electron chi connectivity index (χ3n) is 8.46. The van der Waals surface area contributed by atoms with E-state index in [4.69, 9.17) is 14.3 Å². The Hall–Kier alpha value is -5.19. The molecular weight excluding hydrogens is 642 g/mol. The van der Waals surface area contributed by atoms with Gasteiger partial charge in [0.1, 0.15) is 11.6 Å². The van der Waals surface area contributed by atoms with Gasteiger partial charge in [0.25, 0.3) is 11.8 Å². The van der Waals surface area contributed by atoms with Gasteiger partial charge in [-0.15, -0.1) is 5.06 Å². The lowest BCUT2D eigenvalue weighted by atomic mass is 9.76. The number of nitrogens with one attached hydrogen (secondary N) is 3. The number of hydrogen-bond acceptors (Lipinski definition) is 11. The monoisotopic (exact) mass is 683 g/mol. The second-order valence-corrected chi connectivity index (χ2v) is 12.1. The predicted molar refractivity (Wildman–Crippen MR) is 169 cm³/mol. The molecule has 2 aromatic rings. The van der Waals surface area contributed by atoms with E-state index in [-0.39, 0.29) is 69.2 Å². The van der Waals surface area contributed by atoms with Crippen molar-refractivity contribution in [2.75, 3.05) is 39.4 Å². The summed E-state index contributed by atoms with van der Waals surface area (Å²) in [6.07, 6.45) is 2.31. The zero-order chi connectivity index (χ0) is 35.0. The fourth-order valence-corrected chi connectivity index (χ4v) is 5.49. The highest BCUT2D eigenvalue weighted by molar-refractivity contribution is 5.97. The molecule has 1 atom stereocenters. The molecule has 17 nitrogen and oxygen atoms in total. The number of ether oxygens (including phenoxy) is 2. The number of hydrogen-bond donors (Lipinski definition) is 4. The van der Waals surface area contributed by atoms with E-state index >= 15 is 0 Å². The van der Waals surface area contributed by atoms with Crippen LogP contribution in [0.1, 0.15) is 62.4 Å². The van der Waals surface area contributed by atoms with Crippen molar-refractivity contribution in [3.05, 3.63) is 42.1 Å². The van der Waals surface area contributed by atoms with Gasteiger partial charge < -0.3 is 40.3 Å². The number of hydroxylamine groups is 2. The summed E-state index contributed by atoms with van der Waals surface area (Å²) in [6, 6.07) is 9.02. The molecule has 2 saturated carbocycles. The number of carbonyl (C=O) groups is 6. The first-order valence-corrected chi connectivity index (χ1v) is 16.4. The van der Waals surface area contributed by atoms with Crippen LogP contribution >= 0.6 is 0 Å². The van der Waals surface area contributed by atoms with Gasteiger partial charge in [-0.1, -0.05) is 18.2 Å². The summed E-state index contributed by atoms with van der Waals surface area (Å²) >= 11 is 0. The van der Waals surface area contributed by atoms with Crippen LogP contribution in [0.3, 0.4) is 0 Å². The highest BCUT2D eigenvalue weighted by atomic mass is 16.8. The Morgan fingerprint density at radius 3 is 2.37 bits per heavy atom. The number of aromatic nitrogens is 2. The molecule has 4 N–H and O–H groups in total. The highest BCUT2D eigenvalue weighted by Crippen LogP contribution is 2.33. The van der Waals surface area contributed by atoms with Crippen LogP contribution in [0, 0.1) is 0 Å². The van der Waals surface area contributed by atoms with E-state index in [9.17, 15) is 33.9 Å². The molecule has 1 aromatic carbocycles. The number of aliphatic carboxylic acids is 1. The van der Waals surface area contributed by atoms with Crippen LogP contribution in [0.15, 0.2) is 36.4 Å². The largest absolute Gasteiger partial charge is 0.527 e. The van der Waals surface area contributed by atoms with Gasteiger partial charge in [0, 0.05) is 31.6 Å². The van der Waals surface area contributed by atoms with E-state index in [0.29, 0.717) is 18.5 Å². The van der Waals surface area contributed by atoms with Crippen molar-refractivity contribution in [1.82, 2.24) is 35.7 Å². The summed E-state index contributed by atoms with van der Waals surface area (Å²) in [5, 5.41) is 23.4. The fraction of sp³-hybridized carbons (Fsp3) is 0.531. The standard InChI is InChI=1S/C32H41N7O10/c1-2-47-31(46)49-38-17-15-37(16-18-38)29(44)23(11-12-27(41)42)34-28(43)24-19-26(39(36-24)22-7-4-3-5-8-22)48-20-25(40)35-32(13-6-14-32)30(45)33-21-9-10-21/h3-5,7-8,19,21,23H,2,6,9-18,20H2,1H3,(H,33,45)(H,34,43)(H,35,40)(H,41,42)/t23-/m0/s1. The Labute approximate surface area is 282 Å². The first kappa shape index (κ1) is 35.1. The Balaban J connectivity index is 1.25. The van der Waals surface area contributed by atoms with Crippen molar-refractivity contribution >= 4 is 35.8 Å². The van der Waals surface area contributed by atoms with Gasteiger partial charge in [-0.25, -0.2) is 9.48 Å². The average Bonchev–Trinajstić information content (AvgIpc) is 3.78. The van der Waals surface area contributed by atoms with E-state index in [0.717, 1.165) is 19.3 Å². The summed E-state index contributed by atoms with van der Waals surface area (Å²) in [6.45, 7) is 2.03. The topological polar surface area (TPSA) is 211 Å². The number of amides is 4. The van der Waals surface area contributed by atoms with Crippen LogP contribution in [-0.4, -0.2) is 118 Å². The van der Waals surface area contributed by atoms with Gasteiger partial charge in [0.2, 0.25) is 17.7 Å². The number of carbonyl (C=O) groups excluding carboxylic acids is 5. The lowest BCUT2D eigenvalue weighted by Crippen LogP contribution is -2.63. The molecule has 17 heteroatoms. The maximum atomic E-state index is 13.5. The van der Waals surface area contributed by atoms with E-state index < -0.39 is 48.0 Å². The number of carboxylic acid groups (broad SMARTS) is 1. The maximum Gasteiger partial charge on any atom is 0.527 e. The van der Waals surface area contributed by atoms with Crippen molar-refractivity contribution < 1.29 is 48.2 Å². The molecule has 0 spiro atoms. The molecule has 1 aliphatic heterocycles. The average molecular weight is 684 g/mol. The predicted octanol–water partition coefficient (Wildman–Crippen LogP) is 0.764. The Morgan fingerprint density at radius 2 is 1.76 bits per heavy atom. The summed E-state index contributed by atoms with van der Waals surface area (Å²) in [5.41, 5.74) is -0.580. The fourth-order valence-electron chi connectivity index (χ4n) is 5.49. The zero-order valence-electron chi connectivity index (χ0n) is 27.2. The summed E-state index contributed by atoms with van der Waals surface area (Å²) < 4.78 is 11.9. The summed E-state index contributed by atoms with van der Waals surface area (Å²) in [5.74, 6) is -3.05. The number of rotatable bonds is 15. The van der Waals surface area contributed by atoms with E-state index in [2.05, 4.69) is 21.0 Å². The number of para-hydroxylation sites is 1. The minimum atomic E-state index is -1.20. The Kier molecular flexibility index (Phi) is 11.3. The van der Waals surface area contributed by atoms with Gasteiger partial charge in [0.05, 0.1) is 25.4 Å². The molecule has 0 unspecified atom stereocenters. The molecule has 0 bridgehead atoms. The van der Waals surface area contributed by atoms with Crippen LogP contribution in [0.5, 0.6) is 5.88 Å². The van der Waals surface area contributed by atoms with Crippen LogP contribution in [-0.2, 0) is 28.8 Å². The Bertz CT molecular complexity index is 1530. The number of nitrogens with zero attached hydrogens (tertiary/aromatic N) is 4. The molecule has 1 saturated heterocycles. The number of piperazine rings is 1. The normalized spacial score (nSPS) is 17.5. The molecule has 49 heavy (non-hydrogen) atoms.